The third kappa shape index (κ3) is 2.87. The summed E-state index contributed by atoms with van der Waals surface area (Å²) < 4.78 is 7.15. The van der Waals surface area contributed by atoms with E-state index in [1.165, 1.54) is 141 Å². The molecular formula is C50H34O. The van der Waals surface area contributed by atoms with Gasteiger partial charge in [-0.3, -0.25) is 0 Å². The van der Waals surface area contributed by atoms with Crippen molar-refractivity contribution in [3.05, 3.63) is 107 Å². The molecule has 0 saturated heterocycles. The topological polar surface area (TPSA) is 13.1 Å². The van der Waals surface area contributed by atoms with Crippen LogP contribution in [0, 0.1) is 0 Å². The van der Waals surface area contributed by atoms with Gasteiger partial charge in [0.05, 0.1) is 0 Å². The minimum absolute atomic E-state index is 0.968. The van der Waals surface area contributed by atoms with E-state index in [0.29, 0.717) is 0 Å². The zero-order valence-electron chi connectivity index (χ0n) is 29.3. The van der Waals surface area contributed by atoms with Crippen LogP contribution in [0.5, 0.6) is 0 Å². The van der Waals surface area contributed by atoms with E-state index in [0.717, 1.165) is 36.8 Å². The van der Waals surface area contributed by atoms with Crippen LogP contribution in [-0.2, 0) is 25.7 Å². The van der Waals surface area contributed by atoms with Crippen molar-refractivity contribution in [1.82, 2.24) is 0 Å². The molecule has 13 aromatic rings. The van der Waals surface area contributed by atoms with Crippen LogP contribution < -0.4 is 0 Å². The molecule has 0 atom stereocenters. The summed E-state index contributed by atoms with van der Waals surface area (Å²) in [4.78, 5) is 0. The molecule has 0 fully saturated rings. The second-order valence-electron chi connectivity index (χ2n) is 15.4. The van der Waals surface area contributed by atoms with Gasteiger partial charge in [0.15, 0.2) is 0 Å². The molecule has 0 N–H and O–H groups in total. The lowest BCUT2D eigenvalue weighted by atomic mass is 9.74. The Bertz CT molecular complexity index is 3370. The SMILES string of the molecule is CCc1cc2c3cccc4oc5cccc6c7cc(CC)cc8c9cc(CC)cc%10c%11cc(CC)cc%12c(c1)c2c1c(c43)c(c56)c(c78)c(c9%10)c1c%12%11. The fraction of sp³-hybridized carbons (Fsp3) is 0.160. The smallest absolute Gasteiger partial charge is 0.135 e. The van der Waals surface area contributed by atoms with Crippen molar-refractivity contribution in [2.24, 2.45) is 0 Å². The minimum atomic E-state index is 0.968. The molecule has 1 nitrogen and oxygen atoms in total. The number of benzene rings is 12. The van der Waals surface area contributed by atoms with E-state index in [9.17, 15) is 0 Å². The molecule has 0 radical (unpaired) electrons. The first-order chi connectivity index (χ1) is 25.1. The van der Waals surface area contributed by atoms with Gasteiger partial charge in [0.1, 0.15) is 11.2 Å². The predicted octanol–water partition coefficient (Wildman–Crippen LogP) is 14.6. The Labute approximate surface area is 293 Å². The largest absolute Gasteiger partial charge is 0.456 e. The van der Waals surface area contributed by atoms with Gasteiger partial charge in [-0.1, -0.05) is 100 Å². The van der Waals surface area contributed by atoms with Gasteiger partial charge >= 0.3 is 0 Å². The number of fused-ring (bicyclic) bond motifs is 5. The molecule has 240 valence electrons. The van der Waals surface area contributed by atoms with Crippen molar-refractivity contribution in [2.75, 3.05) is 0 Å². The van der Waals surface area contributed by atoms with Gasteiger partial charge in [0.2, 0.25) is 0 Å². The zero-order valence-corrected chi connectivity index (χ0v) is 29.3. The Balaban J connectivity index is 1.56. The number of rotatable bonds is 4. The number of hydrogen-bond acceptors (Lipinski definition) is 1. The van der Waals surface area contributed by atoms with Gasteiger partial charge in [0.25, 0.3) is 0 Å². The molecule has 1 aromatic heterocycles. The first-order valence-electron chi connectivity index (χ1n) is 19.0. The maximum absolute atomic E-state index is 7.15. The van der Waals surface area contributed by atoms with Gasteiger partial charge in [-0.2, -0.15) is 0 Å². The fourth-order valence-electron chi connectivity index (χ4n) is 11.0. The fourth-order valence-corrected chi connectivity index (χ4v) is 11.0. The van der Waals surface area contributed by atoms with E-state index in [4.69, 9.17) is 4.42 Å². The van der Waals surface area contributed by atoms with Crippen LogP contribution in [0.15, 0.2) is 89.3 Å². The zero-order chi connectivity index (χ0) is 33.6. The Kier molecular flexibility index (Phi) is 4.67. The monoisotopic (exact) mass is 650 g/mol. The van der Waals surface area contributed by atoms with Crippen LogP contribution >= 0.6 is 0 Å². The minimum Gasteiger partial charge on any atom is -0.456 e. The maximum atomic E-state index is 7.15. The highest BCUT2D eigenvalue weighted by atomic mass is 16.3. The molecule has 1 heteroatoms. The van der Waals surface area contributed by atoms with Crippen molar-refractivity contribution in [2.45, 2.75) is 53.4 Å². The third-order valence-corrected chi connectivity index (χ3v) is 13.1. The molecule has 51 heavy (non-hydrogen) atoms. The normalized spacial score (nSPS) is 13.4. The quantitative estimate of drug-likeness (QED) is 0.136. The van der Waals surface area contributed by atoms with Gasteiger partial charge in [-0.25, -0.2) is 0 Å². The summed E-state index contributed by atoms with van der Waals surface area (Å²) in [5.41, 5.74) is 7.54. The van der Waals surface area contributed by atoms with E-state index < -0.39 is 0 Å². The molecule has 1 heterocycles. The second kappa shape index (κ2) is 8.79. The molecule has 12 aromatic carbocycles. The van der Waals surface area contributed by atoms with E-state index in [2.05, 4.69) is 113 Å². The molecule has 0 amide bonds. The lowest BCUT2D eigenvalue weighted by Gasteiger charge is -2.28. The summed E-state index contributed by atoms with van der Waals surface area (Å²) in [7, 11) is 0. The average molecular weight is 651 g/mol. The number of hydrogen-bond donors (Lipinski definition) is 0. The Morgan fingerprint density at radius 2 is 0.549 bits per heavy atom. The standard InChI is InChI=1S/C50H34O/c1-5-23-15-29-27-11-9-13-37-43(27)49-47-39(29)31(17-23)33-19-25(7-3)21-35-36-22-26(8-4)20-34-32-18-24(6-2)16-30-28-12-10-14-38(51-37)44(28)50(49)48(40(30)32)46(42(34)36)45(47)41(33)35/h9-22H,5-8H2,1-4H3. The van der Waals surface area contributed by atoms with Gasteiger partial charge in [-0.15, -0.1) is 0 Å². The molecule has 0 spiro atoms. The summed E-state index contributed by atoms with van der Waals surface area (Å²) in [6.07, 6.45) is 4.01. The summed E-state index contributed by atoms with van der Waals surface area (Å²) in [6, 6.07) is 33.7. The molecule has 0 aliphatic heterocycles. The molecule has 0 bridgehead atoms. The molecular weight excluding hydrogens is 617 g/mol. The third-order valence-electron chi connectivity index (χ3n) is 13.1. The van der Waals surface area contributed by atoms with Crippen LogP contribution in [0.25, 0.3) is 130 Å². The van der Waals surface area contributed by atoms with Gasteiger partial charge in [0, 0.05) is 32.3 Å². The van der Waals surface area contributed by atoms with Crippen LogP contribution in [0.4, 0.5) is 0 Å². The molecule has 13 rings (SSSR count). The Morgan fingerprint density at radius 3 is 0.824 bits per heavy atom. The van der Waals surface area contributed by atoms with E-state index in [-0.39, 0.29) is 0 Å². The molecule has 0 aliphatic rings. The van der Waals surface area contributed by atoms with Gasteiger partial charge in [-0.05, 0) is 146 Å². The van der Waals surface area contributed by atoms with E-state index in [1.54, 1.807) is 0 Å². The van der Waals surface area contributed by atoms with Crippen molar-refractivity contribution in [3.63, 3.8) is 0 Å². The van der Waals surface area contributed by atoms with Crippen LogP contribution in [-0.4, -0.2) is 0 Å². The lowest BCUT2D eigenvalue weighted by molar-refractivity contribution is 0.664. The Morgan fingerprint density at radius 1 is 0.294 bits per heavy atom. The predicted molar refractivity (Wildman–Crippen MR) is 222 cm³/mol. The van der Waals surface area contributed by atoms with Crippen LogP contribution in [0.2, 0.25) is 0 Å². The van der Waals surface area contributed by atoms with Crippen LogP contribution in [0.3, 0.4) is 0 Å². The summed E-state index contributed by atoms with van der Waals surface area (Å²) in [5, 5.41) is 30.5. The maximum Gasteiger partial charge on any atom is 0.135 e. The van der Waals surface area contributed by atoms with Crippen molar-refractivity contribution in [1.29, 1.82) is 0 Å². The van der Waals surface area contributed by atoms with E-state index >= 15 is 0 Å². The average Bonchev–Trinajstić information content (AvgIpc) is 3.33. The Hall–Kier alpha value is -5.66. The summed E-state index contributed by atoms with van der Waals surface area (Å²) in [5.74, 6) is 0. The van der Waals surface area contributed by atoms with Crippen molar-refractivity contribution >= 4 is 130 Å². The van der Waals surface area contributed by atoms with Crippen molar-refractivity contribution < 1.29 is 4.42 Å². The lowest BCUT2D eigenvalue weighted by Crippen LogP contribution is -2.00. The second-order valence-corrected chi connectivity index (χ2v) is 15.4. The first kappa shape index (κ1) is 27.1. The molecule has 0 saturated carbocycles. The van der Waals surface area contributed by atoms with E-state index in [1.807, 2.05) is 0 Å². The highest BCUT2D eigenvalue weighted by molar-refractivity contribution is 6.59. The molecule has 0 aliphatic carbocycles. The van der Waals surface area contributed by atoms with Gasteiger partial charge < -0.3 is 4.42 Å². The van der Waals surface area contributed by atoms with Crippen LogP contribution in [0.1, 0.15) is 49.9 Å². The van der Waals surface area contributed by atoms with Crippen molar-refractivity contribution in [3.8, 4) is 0 Å². The summed E-state index contributed by atoms with van der Waals surface area (Å²) >= 11 is 0. The highest BCUT2D eigenvalue weighted by Gasteiger charge is 2.31. The highest BCUT2D eigenvalue weighted by Crippen LogP contribution is 2.59. The number of aryl methyl sites for hydroxylation is 4. The first-order valence-corrected chi connectivity index (χ1v) is 19.0. The summed E-state index contributed by atoms with van der Waals surface area (Å²) in [6.45, 7) is 9.23. The molecule has 0 unspecified atom stereocenters.